The molecule has 4 amide bonds. The number of carbonyl (C=O) groups excluding carboxylic acids is 3. The van der Waals surface area contributed by atoms with Crippen LogP contribution in [0, 0.1) is 0 Å². The maximum Gasteiger partial charge on any atom is 0.324 e. The molecule has 116 valence electrons. The van der Waals surface area contributed by atoms with Crippen LogP contribution >= 0.6 is 0 Å². The number of anilines is 1. The van der Waals surface area contributed by atoms with Crippen molar-refractivity contribution in [3.63, 3.8) is 0 Å². The summed E-state index contributed by atoms with van der Waals surface area (Å²) in [4.78, 5) is 44.4. The van der Waals surface area contributed by atoms with E-state index in [0.717, 1.165) is 4.90 Å². The van der Waals surface area contributed by atoms with Crippen molar-refractivity contribution in [3.05, 3.63) is 54.1 Å². The van der Waals surface area contributed by atoms with Gasteiger partial charge >= 0.3 is 6.03 Å². The number of hydrogen-bond acceptors (Lipinski definition) is 5. The molecule has 3 rings (SSSR count). The zero-order valence-corrected chi connectivity index (χ0v) is 12.2. The number of nitrogens with zero attached hydrogens (tertiary/aromatic N) is 3. The first-order valence-corrected chi connectivity index (χ1v) is 6.81. The molecule has 0 bridgehead atoms. The van der Waals surface area contributed by atoms with Crippen LogP contribution in [0.25, 0.3) is 0 Å². The third-order valence-electron chi connectivity index (χ3n) is 3.42. The normalized spacial score (nSPS) is 17.1. The van der Waals surface area contributed by atoms with E-state index >= 15 is 0 Å². The number of amides is 4. The summed E-state index contributed by atoms with van der Waals surface area (Å²) in [6.07, 6.45) is 4.26. The van der Waals surface area contributed by atoms with Gasteiger partial charge in [0.05, 0.1) is 6.20 Å². The highest BCUT2D eigenvalue weighted by atomic mass is 16.2. The van der Waals surface area contributed by atoms with Crippen molar-refractivity contribution < 1.29 is 14.4 Å². The fourth-order valence-corrected chi connectivity index (χ4v) is 2.21. The number of hydrogen-bond donors (Lipinski definition) is 2. The quantitative estimate of drug-likeness (QED) is 0.821. The largest absolute Gasteiger partial charge is 0.324 e. The van der Waals surface area contributed by atoms with Crippen LogP contribution in [0.5, 0.6) is 0 Å². The molecule has 1 atom stereocenters. The molecular formula is C15H13N5O3. The van der Waals surface area contributed by atoms with Crippen molar-refractivity contribution in [2.45, 2.75) is 6.04 Å². The number of rotatable bonds is 3. The number of benzene rings is 1. The SMILES string of the molecule is CN1C(=O)NC(c2cccc(NC(=O)c3cnccn3)c2)C1=O. The summed E-state index contributed by atoms with van der Waals surface area (Å²) < 4.78 is 0. The lowest BCUT2D eigenvalue weighted by molar-refractivity contribution is -0.126. The Morgan fingerprint density at radius 2 is 2.13 bits per heavy atom. The molecule has 1 unspecified atom stereocenters. The van der Waals surface area contributed by atoms with Crippen molar-refractivity contribution in [2.24, 2.45) is 0 Å². The molecule has 1 aliphatic rings. The number of nitrogens with one attached hydrogen (secondary N) is 2. The standard InChI is InChI=1S/C15H13N5O3/c1-20-14(22)12(19-15(20)23)9-3-2-4-10(7-9)18-13(21)11-8-16-5-6-17-11/h2-8,12H,1H3,(H,18,21)(H,19,23). The molecule has 0 aliphatic carbocycles. The number of aromatic nitrogens is 2. The molecule has 0 radical (unpaired) electrons. The van der Waals surface area contributed by atoms with Crippen molar-refractivity contribution >= 4 is 23.5 Å². The fourth-order valence-electron chi connectivity index (χ4n) is 2.21. The summed E-state index contributed by atoms with van der Waals surface area (Å²) in [6.45, 7) is 0. The lowest BCUT2D eigenvalue weighted by Gasteiger charge is -2.11. The van der Waals surface area contributed by atoms with E-state index in [-0.39, 0.29) is 11.6 Å². The summed E-state index contributed by atoms with van der Waals surface area (Å²) in [5.74, 6) is -0.749. The van der Waals surface area contributed by atoms with Crippen LogP contribution in [-0.4, -0.2) is 39.8 Å². The van der Waals surface area contributed by atoms with Gasteiger partial charge in [-0.1, -0.05) is 12.1 Å². The van der Waals surface area contributed by atoms with Crippen LogP contribution in [0.1, 0.15) is 22.1 Å². The number of carbonyl (C=O) groups is 3. The average molecular weight is 311 g/mol. The van der Waals surface area contributed by atoms with Crippen LogP contribution in [0.15, 0.2) is 42.9 Å². The van der Waals surface area contributed by atoms with E-state index < -0.39 is 18.0 Å². The van der Waals surface area contributed by atoms with Crippen LogP contribution in [0.3, 0.4) is 0 Å². The topological polar surface area (TPSA) is 104 Å². The first kappa shape index (κ1) is 14.6. The minimum atomic E-state index is -0.749. The van der Waals surface area contributed by atoms with Gasteiger partial charge in [-0.2, -0.15) is 0 Å². The zero-order valence-electron chi connectivity index (χ0n) is 12.2. The van der Waals surface area contributed by atoms with Gasteiger partial charge in [0.1, 0.15) is 11.7 Å². The summed E-state index contributed by atoms with van der Waals surface area (Å²) in [5, 5.41) is 5.26. The maximum atomic E-state index is 12.1. The van der Waals surface area contributed by atoms with E-state index in [1.807, 2.05) is 0 Å². The molecule has 0 saturated carbocycles. The van der Waals surface area contributed by atoms with Crippen LogP contribution < -0.4 is 10.6 Å². The monoisotopic (exact) mass is 311 g/mol. The van der Waals surface area contributed by atoms with Gasteiger partial charge < -0.3 is 10.6 Å². The highest BCUT2D eigenvalue weighted by Gasteiger charge is 2.36. The fraction of sp³-hybridized carbons (Fsp3) is 0.133. The molecule has 1 aromatic carbocycles. The lowest BCUT2D eigenvalue weighted by Crippen LogP contribution is -2.25. The van der Waals surface area contributed by atoms with Crippen LogP contribution in [0.2, 0.25) is 0 Å². The third-order valence-corrected chi connectivity index (χ3v) is 3.42. The molecule has 1 saturated heterocycles. The van der Waals surface area contributed by atoms with Gasteiger partial charge in [0, 0.05) is 25.1 Å². The van der Waals surface area contributed by atoms with E-state index in [1.165, 1.54) is 25.6 Å². The minimum absolute atomic E-state index is 0.183. The van der Waals surface area contributed by atoms with E-state index in [4.69, 9.17) is 0 Å². The van der Waals surface area contributed by atoms with Crippen LogP contribution in [0.4, 0.5) is 10.5 Å². The molecule has 1 aliphatic heterocycles. The second-order valence-electron chi connectivity index (χ2n) is 4.95. The van der Waals surface area contributed by atoms with Gasteiger partial charge in [-0.3, -0.25) is 19.5 Å². The van der Waals surface area contributed by atoms with E-state index in [0.29, 0.717) is 11.3 Å². The molecule has 1 fully saturated rings. The van der Waals surface area contributed by atoms with Gasteiger partial charge in [0.25, 0.3) is 11.8 Å². The van der Waals surface area contributed by atoms with Crippen molar-refractivity contribution in [2.75, 3.05) is 12.4 Å². The van der Waals surface area contributed by atoms with Crippen molar-refractivity contribution in [1.82, 2.24) is 20.2 Å². The summed E-state index contributed by atoms with van der Waals surface area (Å²) >= 11 is 0. The number of imide groups is 1. The Morgan fingerprint density at radius 1 is 1.30 bits per heavy atom. The molecule has 2 N–H and O–H groups in total. The Bertz CT molecular complexity index is 778. The van der Waals surface area contributed by atoms with Gasteiger partial charge in [-0.15, -0.1) is 0 Å². The van der Waals surface area contributed by atoms with E-state index in [9.17, 15) is 14.4 Å². The lowest BCUT2D eigenvalue weighted by atomic mass is 10.1. The van der Waals surface area contributed by atoms with E-state index in [2.05, 4.69) is 20.6 Å². The molecule has 2 heterocycles. The van der Waals surface area contributed by atoms with Gasteiger partial charge in [-0.25, -0.2) is 9.78 Å². The summed E-state index contributed by atoms with van der Waals surface area (Å²) in [7, 11) is 1.41. The Balaban J connectivity index is 1.80. The Morgan fingerprint density at radius 3 is 2.78 bits per heavy atom. The number of urea groups is 1. The predicted molar refractivity (Wildman–Crippen MR) is 80.5 cm³/mol. The molecule has 0 spiro atoms. The highest BCUT2D eigenvalue weighted by Crippen LogP contribution is 2.23. The molecule has 1 aromatic heterocycles. The van der Waals surface area contributed by atoms with Gasteiger partial charge in [0.2, 0.25) is 0 Å². The zero-order chi connectivity index (χ0) is 16.4. The highest BCUT2D eigenvalue weighted by molar-refractivity contribution is 6.05. The maximum absolute atomic E-state index is 12.1. The molecule has 2 aromatic rings. The number of likely N-dealkylation sites (N-methyl/N-ethyl adjacent to an activating group) is 1. The van der Waals surface area contributed by atoms with Gasteiger partial charge in [0.15, 0.2) is 0 Å². The first-order chi connectivity index (χ1) is 11.1. The summed E-state index contributed by atoms with van der Waals surface area (Å²) in [5.41, 5.74) is 1.27. The van der Waals surface area contributed by atoms with Crippen molar-refractivity contribution in [3.8, 4) is 0 Å². The van der Waals surface area contributed by atoms with Crippen molar-refractivity contribution in [1.29, 1.82) is 0 Å². The molecule has 8 nitrogen and oxygen atoms in total. The second-order valence-corrected chi connectivity index (χ2v) is 4.95. The molecule has 8 heteroatoms. The average Bonchev–Trinajstić information content (AvgIpc) is 2.83. The third kappa shape index (κ3) is 2.86. The molecule has 23 heavy (non-hydrogen) atoms. The Kier molecular flexibility index (Phi) is 3.71. The first-order valence-electron chi connectivity index (χ1n) is 6.81. The summed E-state index contributed by atoms with van der Waals surface area (Å²) in [6, 6.07) is 5.52. The molecular weight excluding hydrogens is 298 g/mol. The predicted octanol–water partition coefficient (Wildman–Crippen LogP) is 0.952. The van der Waals surface area contributed by atoms with Gasteiger partial charge in [-0.05, 0) is 17.7 Å². The smallest absolute Gasteiger partial charge is 0.322 e. The van der Waals surface area contributed by atoms with Crippen LogP contribution in [-0.2, 0) is 4.79 Å². The second kappa shape index (κ2) is 5.84. The minimum Gasteiger partial charge on any atom is -0.322 e. The Labute approximate surface area is 131 Å². The van der Waals surface area contributed by atoms with E-state index in [1.54, 1.807) is 24.3 Å². The Hall–Kier alpha value is -3.29.